The molecule has 0 heterocycles. The van der Waals surface area contributed by atoms with Gasteiger partial charge >= 0.3 is 0 Å². The Morgan fingerprint density at radius 3 is 2.77 bits per heavy atom. The molecule has 0 aliphatic carbocycles. The SMILES string of the molecule is CCCOc1ccc(/C=N\NC(=O)COc2cccc(F)c2)cc1OC. The van der Waals surface area contributed by atoms with Crippen LogP contribution in [-0.4, -0.2) is 32.4 Å². The lowest BCUT2D eigenvalue weighted by Crippen LogP contribution is -2.24. The van der Waals surface area contributed by atoms with Gasteiger partial charge in [0.05, 0.1) is 19.9 Å². The fourth-order valence-electron chi connectivity index (χ4n) is 2.01. The van der Waals surface area contributed by atoms with Gasteiger partial charge in [0.15, 0.2) is 18.1 Å². The third-order valence-electron chi connectivity index (χ3n) is 3.22. The minimum atomic E-state index is -0.458. The van der Waals surface area contributed by atoms with Crippen molar-refractivity contribution in [3.63, 3.8) is 0 Å². The minimum Gasteiger partial charge on any atom is -0.493 e. The Bertz CT molecular complexity index is 765. The normalized spacial score (nSPS) is 10.6. The lowest BCUT2D eigenvalue weighted by Gasteiger charge is -2.10. The van der Waals surface area contributed by atoms with E-state index in [0.717, 1.165) is 12.0 Å². The molecule has 6 nitrogen and oxygen atoms in total. The van der Waals surface area contributed by atoms with Gasteiger partial charge in [0.1, 0.15) is 11.6 Å². The molecule has 0 saturated carbocycles. The molecule has 1 N–H and O–H groups in total. The number of nitrogens with one attached hydrogen (secondary N) is 1. The Balaban J connectivity index is 1.86. The van der Waals surface area contributed by atoms with E-state index >= 15 is 0 Å². The first-order valence-electron chi connectivity index (χ1n) is 8.13. The van der Waals surface area contributed by atoms with Gasteiger partial charge in [0, 0.05) is 6.07 Å². The number of hydrogen-bond donors (Lipinski definition) is 1. The zero-order valence-electron chi connectivity index (χ0n) is 14.7. The highest BCUT2D eigenvalue weighted by Gasteiger charge is 2.05. The number of carbonyl (C=O) groups is 1. The van der Waals surface area contributed by atoms with Gasteiger partial charge < -0.3 is 14.2 Å². The van der Waals surface area contributed by atoms with Crippen LogP contribution in [0.1, 0.15) is 18.9 Å². The Labute approximate surface area is 151 Å². The zero-order chi connectivity index (χ0) is 18.8. The molecule has 0 aromatic heterocycles. The maximum Gasteiger partial charge on any atom is 0.277 e. The summed E-state index contributed by atoms with van der Waals surface area (Å²) in [5.41, 5.74) is 3.08. The Hall–Kier alpha value is -3.09. The minimum absolute atomic E-state index is 0.270. The second-order valence-corrected chi connectivity index (χ2v) is 5.30. The summed E-state index contributed by atoms with van der Waals surface area (Å²) in [5, 5.41) is 3.86. The molecule has 0 spiro atoms. The Morgan fingerprint density at radius 1 is 1.19 bits per heavy atom. The topological polar surface area (TPSA) is 69.2 Å². The summed E-state index contributed by atoms with van der Waals surface area (Å²) in [5.74, 6) is 0.625. The largest absolute Gasteiger partial charge is 0.493 e. The van der Waals surface area contributed by atoms with Gasteiger partial charge in [-0.3, -0.25) is 4.79 Å². The molecule has 138 valence electrons. The van der Waals surface area contributed by atoms with E-state index in [9.17, 15) is 9.18 Å². The van der Waals surface area contributed by atoms with E-state index in [-0.39, 0.29) is 12.4 Å². The molecular weight excluding hydrogens is 339 g/mol. The first-order valence-corrected chi connectivity index (χ1v) is 8.13. The molecule has 0 atom stereocenters. The van der Waals surface area contributed by atoms with Crippen molar-refractivity contribution in [1.29, 1.82) is 0 Å². The van der Waals surface area contributed by atoms with Gasteiger partial charge in [-0.1, -0.05) is 13.0 Å². The highest BCUT2D eigenvalue weighted by molar-refractivity contribution is 5.83. The molecular formula is C19H21FN2O4. The maximum absolute atomic E-state index is 13.0. The molecule has 2 rings (SSSR count). The molecule has 0 aliphatic rings. The van der Waals surface area contributed by atoms with Crippen molar-refractivity contribution in [2.45, 2.75) is 13.3 Å². The van der Waals surface area contributed by atoms with Crippen LogP contribution < -0.4 is 19.6 Å². The number of methoxy groups -OCH3 is 1. The molecule has 7 heteroatoms. The van der Waals surface area contributed by atoms with Crippen molar-refractivity contribution in [1.82, 2.24) is 5.43 Å². The molecule has 2 aromatic carbocycles. The van der Waals surface area contributed by atoms with Crippen molar-refractivity contribution in [3.05, 3.63) is 53.8 Å². The lowest BCUT2D eigenvalue weighted by atomic mass is 10.2. The van der Waals surface area contributed by atoms with Crippen molar-refractivity contribution in [2.24, 2.45) is 5.10 Å². The van der Waals surface area contributed by atoms with Crippen LogP contribution in [0.5, 0.6) is 17.2 Å². The van der Waals surface area contributed by atoms with E-state index in [2.05, 4.69) is 10.5 Å². The van der Waals surface area contributed by atoms with Crippen LogP contribution in [0.2, 0.25) is 0 Å². The summed E-state index contributed by atoms with van der Waals surface area (Å²) < 4.78 is 29.1. The van der Waals surface area contributed by atoms with Gasteiger partial charge in [-0.25, -0.2) is 9.82 Å². The molecule has 2 aromatic rings. The standard InChI is InChI=1S/C19H21FN2O4/c1-3-9-25-17-8-7-14(10-18(17)24-2)12-21-22-19(23)13-26-16-6-4-5-15(20)11-16/h4-8,10-12H,3,9,13H2,1-2H3,(H,22,23)/b21-12-. The third kappa shape index (κ3) is 6.08. The van der Waals surface area contributed by atoms with Crippen molar-refractivity contribution in [3.8, 4) is 17.2 Å². The fourth-order valence-corrected chi connectivity index (χ4v) is 2.01. The summed E-state index contributed by atoms with van der Waals surface area (Å²) in [6, 6.07) is 10.9. The number of amides is 1. The van der Waals surface area contributed by atoms with Gasteiger partial charge in [-0.05, 0) is 42.3 Å². The van der Waals surface area contributed by atoms with Crippen LogP contribution in [0.25, 0.3) is 0 Å². The zero-order valence-corrected chi connectivity index (χ0v) is 14.7. The predicted octanol–water partition coefficient (Wildman–Crippen LogP) is 3.15. The fraction of sp³-hybridized carbons (Fsp3) is 0.263. The smallest absolute Gasteiger partial charge is 0.277 e. The highest BCUT2D eigenvalue weighted by Crippen LogP contribution is 2.27. The van der Waals surface area contributed by atoms with Crippen LogP contribution in [0.15, 0.2) is 47.6 Å². The van der Waals surface area contributed by atoms with E-state index < -0.39 is 11.7 Å². The molecule has 1 amide bonds. The first-order chi connectivity index (χ1) is 12.6. The molecule has 0 saturated heterocycles. The lowest BCUT2D eigenvalue weighted by molar-refractivity contribution is -0.123. The van der Waals surface area contributed by atoms with Gasteiger partial charge in [0.2, 0.25) is 0 Å². The molecule has 26 heavy (non-hydrogen) atoms. The third-order valence-corrected chi connectivity index (χ3v) is 3.22. The van der Waals surface area contributed by atoms with Crippen LogP contribution in [-0.2, 0) is 4.79 Å². The molecule has 0 unspecified atom stereocenters. The summed E-state index contributed by atoms with van der Waals surface area (Å²) in [4.78, 5) is 11.7. The van der Waals surface area contributed by atoms with E-state index in [0.29, 0.717) is 18.1 Å². The number of halogens is 1. The average molecular weight is 360 g/mol. The second kappa shape index (κ2) is 10.0. The molecule has 0 aliphatic heterocycles. The number of rotatable bonds is 9. The Morgan fingerprint density at radius 2 is 2.04 bits per heavy atom. The number of hydrazone groups is 1. The average Bonchev–Trinajstić information content (AvgIpc) is 2.65. The summed E-state index contributed by atoms with van der Waals surface area (Å²) >= 11 is 0. The number of benzene rings is 2. The molecule has 0 radical (unpaired) electrons. The molecule has 0 bridgehead atoms. The van der Waals surface area contributed by atoms with Crippen LogP contribution in [0, 0.1) is 5.82 Å². The first kappa shape index (κ1) is 19.2. The monoisotopic (exact) mass is 360 g/mol. The number of carbonyl (C=O) groups excluding carboxylic acids is 1. The van der Waals surface area contributed by atoms with Gasteiger partial charge in [0.25, 0.3) is 5.91 Å². The van der Waals surface area contributed by atoms with E-state index in [1.165, 1.54) is 24.4 Å². The predicted molar refractivity (Wildman–Crippen MR) is 96.4 cm³/mol. The Kier molecular flexibility index (Phi) is 7.42. The van der Waals surface area contributed by atoms with Gasteiger partial charge in [-0.15, -0.1) is 0 Å². The second-order valence-electron chi connectivity index (χ2n) is 5.30. The number of hydrogen-bond acceptors (Lipinski definition) is 5. The van der Waals surface area contributed by atoms with E-state index in [1.54, 1.807) is 31.4 Å². The summed E-state index contributed by atoms with van der Waals surface area (Å²) in [7, 11) is 1.56. The summed E-state index contributed by atoms with van der Waals surface area (Å²) in [6.07, 6.45) is 2.38. The number of ether oxygens (including phenoxy) is 3. The number of nitrogens with zero attached hydrogens (tertiary/aromatic N) is 1. The maximum atomic E-state index is 13.0. The quantitative estimate of drug-likeness (QED) is 0.551. The highest BCUT2D eigenvalue weighted by atomic mass is 19.1. The van der Waals surface area contributed by atoms with E-state index in [4.69, 9.17) is 14.2 Å². The summed E-state index contributed by atoms with van der Waals surface area (Å²) in [6.45, 7) is 2.35. The van der Waals surface area contributed by atoms with Gasteiger partial charge in [-0.2, -0.15) is 5.10 Å². The van der Waals surface area contributed by atoms with Crippen molar-refractivity contribution >= 4 is 12.1 Å². The molecule has 0 fully saturated rings. The van der Waals surface area contributed by atoms with Crippen LogP contribution in [0.3, 0.4) is 0 Å². The van der Waals surface area contributed by atoms with Crippen LogP contribution in [0.4, 0.5) is 4.39 Å². The van der Waals surface area contributed by atoms with Crippen molar-refractivity contribution in [2.75, 3.05) is 20.3 Å². The van der Waals surface area contributed by atoms with Crippen molar-refractivity contribution < 1.29 is 23.4 Å². The van der Waals surface area contributed by atoms with E-state index in [1.807, 2.05) is 6.92 Å². The van der Waals surface area contributed by atoms with Crippen LogP contribution >= 0.6 is 0 Å².